The van der Waals surface area contributed by atoms with Crippen molar-refractivity contribution in [2.24, 2.45) is 0 Å². The normalized spacial score (nSPS) is 16.9. The van der Waals surface area contributed by atoms with Crippen molar-refractivity contribution in [3.8, 4) is 17.2 Å². The number of benzene rings is 3. The monoisotopic (exact) mass is 478 g/mol. The van der Waals surface area contributed by atoms with Gasteiger partial charge in [0.1, 0.15) is 5.75 Å². The molecule has 1 aliphatic rings. The summed E-state index contributed by atoms with van der Waals surface area (Å²) in [5, 5.41) is 12.7. The number of phenols is 1. The minimum absolute atomic E-state index is 0.0645. The number of aromatic hydroxyl groups is 1. The predicted molar refractivity (Wildman–Crippen MR) is 136 cm³/mol. The lowest BCUT2D eigenvalue weighted by molar-refractivity contribution is 0.205. The van der Waals surface area contributed by atoms with E-state index in [1.165, 1.54) is 23.8 Å². The Morgan fingerprint density at radius 3 is 2.59 bits per heavy atom. The molecule has 2 atom stereocenters. The molecule has 34 heavy (non-hydrogen) atoms. The van der Waals surface area contributed by atoms with Crippen LogP contribution < -0.4 is 14.8 Å². The minimum atomic E-state index is -0.254. The molecule has 4 rings (SSSR count). The fourth-order valence-corrected chi connectivity index (χ4v) is 4.99. The quantitative estimate of drug-likeness (QED) is 0.413. The zero-order valence-corrected chi connectivity index (χ0v) is 20.3. The number of hydrogen-bond donors (Lipinski definition) is 3. The van der Waals surface area contributed by atoms with E-state index in [4.69, 9.17) is 9.47 Å². The molecule has 0 aliphatic heterocycles. The maximum Gasteiger partial charge on any atom is 0.327 e. The summed E-state index contributed by atoms with van der Waals surface area (Å²) in [5.74, 6) is 1.39. The van der Waals surface area contributed by atoms with E-state index in [0.717, 1.165) is 30.6 Å². The number of amides is 2. The van der Waals surface area contributed by atoms with Gasteiger partial charge in [0, 0.05) is 12.5 Å². The summed E-state index contributed by atoms with van der Waals surface area (Å²) in [6.07, 6.45) is 2.47. The van der Waals surface area contributed by atoms with Gasteiger partial charge >= 0.3 is 6.03 Å². The van der Waals surface area contributed by atoms with Crippen molar-refractivity contribution in [2.75, 3.05) is 14.2 Å². The van der Waals surface area contributed by atoms with Crippen LogP contribution >= 0.6 is 12.8 Å². The summed E-state index contributed by atoms with van der Waals surface area (Å²) in [4.78, 5) is 13.1. The summed E-state index contributed by atoms with van der Waals surface area (Å²) >= 11 is 4.66. The second-order valence-corrected chi connectivity index (χ2v) is 8.91. The van der Waals surface area contributed by atoms with Gasteiger partial charge in [0.05, 0.1) is 20.3 Å². The van der Waals surface area contributed by atoms with Gasteiger partial charge in [-0.15, -0.1) is 0 Å². The van der Waals surface area contributed by atoms with Crippen LogP contribution in [0.2, 0.25) is 0 Å². The second kappa shape index (κ2) is 10.7. The van der Waals surface area contributed by atoms with E-state index in [9.17, 15) is 9.90 Å². The summed E-state index contributed by atoms with van der Waals surface area (Å²) in [6, 6.07) is 21.2. The highest BCUT2D eigenvalue weighted by Gasteiger charge is 2.35. The van der Waals surface area contributed by atoms with Crippen LogP contribution in [-0.2, 0) is 19.4 Å². The van der Waals surface area contributed by atoms with Gasteiger partial charge in [0.2, 0.25) is 0 Å². The number of hydrogen-bond acceptors (Lipinski definition) is 5. The first-order valence-corrected chi connectivity index (χ1v) is 11.7. The molecular weight excluding hydrogens is 448 g/mol. The first-order valence-electron chi connectivity index (χ1n) is 11.3. The van der Waals surface area contributed by atoms with Crippen LogP contribution in [-0.4, -0.2) is 35.7 Å². The van der Waals surface area contributed by atoms with Crippen LogP contribution in [0.5, 0.6) is 17.2 Å². The van der Waals surface area contributed by atoms with Crippen LogP contribution in [0.15, 0.2) is 66.7 Å². The van der Waals surface area contributed by atoms with Gasteiger partial charge in [0.25, 0.3) is 0 Å². The van der Waals surface area contributed by atoms with Crippen molar-refractivity contribution < 1.29 is 19.4 Å². The average molecular weight is 479 g/mol. The number of rotatable bonds is 7. The molecule has 0 heterocycles. The molecule has 0 spiro atoms. The maximum absolute atomic E-state index is 13.1. The molecule has 0 fully saturated rings. The minimum Gasteiger partial charge on any atom is -0.504 e. The molecule has 3 aromatic rings. The van der Waals surface area contributed by atoms with E-state index in [1.54, 1.807) is 29.6 Å². The van der Waals surface area contributed by atoms with Crippen LogP contribution in [0.1, 0.15) is 34.6 Å². The number of nitrogens with one attached hydrogen (secondary N) is 1. The molecule has 178 valence electrons. The number of methoxy groups -OCH3 is 2. The van der Waals surface area contributed by atoms with Gasteiger partial charge in [-0.2, -0.15) is 0 Å². The lowest BCUT2D eigenvalue weighted by Crippen LogP contribution is -2.45. The van der Waals surface area contributed by atoms with E-state index in [0.29, 0.717) is 12.3 Å². The largest absolute Gasteiger partial charge is 0.504 e. The number of urea groups is 1. The third-order valence-corrected chi connectivity index (χ3v) is 6.91. The van der Waals surface area contributed by atoms with E-state index in [2.05, 4.69) is 42.4 Å². The molecule has 7 heteroatoms. The Morgan fingerprint density at radius 2 is 1.85 bits per heavy atom. The smallest absolute Gasteiger partial charge is 0.327 e. The van der Waals surface area contributed by atoms with Crippen LogP contribution in [0.25, 0.3) is 0 Å². The van der Waals surface area contributed by atoms with Crippen LogP contribution in [0, 0.1) is 0 Å². The molecule has 2 amide bonds. The van der Waals surface area contributed by atoms with E-state index in [1.807, 2.05) is 24.3 Å². The Balaban J connectivity index is 1.53. The van der Waals surface area contributed by atoms with E-state index < -0.39 is 0 Å². The molecule has 0 bridgehead atoms. The molecular formula is C27H30N2O4S. The number of carbonyl (C=O) groups excluding carboxylic acids is 1. The Hall–Kier alpha value is -3.32. The number of fused-ring (bicyclic) bond motifs is 1. The number of carbonyl (C=O) groups is 1. The molecule has 3 aromatic carbocycles. The van der Waals surface area contributed by atoms with Crippen molar-refractivity contribution in [1.29, 1.82) is 0 Å². The Kier molecular flexibility index (Phi) is 7.53. The van der Waals surface area contributed by atoms with Gasteiger partial charge in [-0.3, -0.25) is 4.31 Å². The SMILES string of the molecule is COc1ccc2c(c1)CCC(N(S)C(=O)NCc1ccc(O)c(OC)c1)C2Cc1ccccc1. The second-order valence-electron chi connectivity index (χ2n) is 8.48. The van der Waals surface area contributed by atoms with Crippen LogP contribution in [0.3, 0.4) is 0 Å². The number of aryl methyl sites for hydroxylation is 1. The number of ether oxygens (including phenoxy) is 2. The van der Waals surface area contributed by atoms with Crippen molar-refractivity contribution in [3.05, 3.63) is 89.0 Å². The first-order chi connectivity index (χ1) is 16.5. The Morgan fingerprint density at radius 1 is 1.06 bits per heavy atom. The fourth-order valence-electron chi connectivity index (χ4n) is 4.65. The van der Waals surface area contributed by atoms with Gasteiger partial charge in [-0.1, -0.05) is 55.3 Å². The molecule has 2 unspecified atom stereocenters. The topological polar surface area (TPSA) is 71.0 Å². The molecule has 2 N–H and O–H groups in total. The third-order valence-electron chi connectivity index (χ3n) is 6.43. The number of phenolic OH excluding ortho intramolecular Hbond substituents is 1. The summed E-state index contributed by atoms with van der Waals surface area (Å²) < 4.78 is 12.1. The number of thiol groups is 1. The fraction of sp³-hybridized carbons (Fsp3) is 0.296. The van der Waals surface area contributed by atoms with Gasteiger partial charge in [-0.05, 0) is 65.8 Å². The van der Waals surface area contributed by atoms with Crippen molar-refractivity contribution in [1.82, 2.24) is 9.62 Å². The van der Waals surface area contributed by atoms with Crippen LogP contribution in [0.4, 0.5) is 4.79 Å². The molecule has 0 saturated carbocycles. The third kappa shape index (κ3) is 5.25. The molecule has 0 radical (unpaired) electrons. The lowest BCUT2D eigenvalue weighted by atomic mass is 9.76. The summed E-state index contributed by atoms with van der Waals surface area (Å²) in [5.41, 5.74) is 4.54. The molecule has 0 saturated heterocycles. The molecule has 1 aliphatic carbocycles. The predicted octanol–water partition coefficient (Wildman–Crippen LogP) is 5.11. The average Bonchev–Trinajstić information content (AvgIpc) is 2.88. The standard InChI is InChI=1S/C27H30N2O4S/c1-32-21-10-11-22-20(16-21)9-12-24(23(22)14-18-6-4-3-5-7-18)29(34)27(31)28-17-19-8-13-25(30)26(15-19)33-2/h3-8,10-11,13,15-16,23-24,30,34H,9,12,14,17H2,1-2H3,(H,28,31). The Labute approximate surface area is 206 Å². The van der Waals surface area contributed by atoms with E-state index in [-0.39, 0.29) is 23.7 Å². The first kappa shape index (κ1) is 23.8. The lowest BCUT2D eigenvalue weighted by Gasteiger charge is -2.38. The van der Waals surface area contributed by atoms with Gasteiger partial charge < -0.3 is 19.9 Å². The highest BCUT2D eigenvalue weighted by atomic mass is 32.1. The zero-order chi connectivity index (χ0) is 24.1. The summed E-state index contributed by atoms with van der Waals surface area (Å²) in [7, 11) is 3.18. The van der Waals surface area contributed by atoms with Crippen molar-refractivity contribution >= 4 is 18.8 Å². The van der Waals surface area contributed by atoms with Crippen molar-refractivity contribution in [3.63, 3.8) is 0 Å². The Bertz CT molecular complexity index is 1140. The van der Waals surface area contributed by atoms with Gasteiger partial charge in [-0.25, -0.2) is 4.79 Å². The van der Waals surface area contributed by atoms with Gasteiger partial charge in [0.15, 0.2) is 11.5 Å². The molecule has 0 aromatic heterocycles. The van der Waals surface area contributed by atoms with Crippen molar-refractivity contribution in [2.45, 2.75) is 37.8 Å². The van der Waals surface area contributed by atoms with E-state index >= 15 is 0 Å². The number of nitrogens with zero attached hydrogens (tertiary/aromatic N) is 1. The zero-order valence-electron chi connectivity index (χ0n) is 19.4. The highest BCUT2D eigenvalue weighted by Crippen LogP contribution is 2.39. The summed E-state index contributed by atoms with van der Waals surface area (Å²) in [6.45, 7) is 0.302. The maximum atomic E-state index is 13.1. The molecule has 6 nitrogen and oxygen atoms in total. The highest BCUT2D eigenvalue weighted by molar-refractivity contribution is 7.78.